The van der Waals surface area contributed by atoms with E-state index >= 15 is 0 Å². The van der Waals surface area contributed by atoms with Crippen molar-refractivity contribution in [3.8, 4) is 0 Å². The maximum atomic E-state index is 4.51. The van der Waals surface area contributed by atoms with Gasteiger partial charge in [-0.25, -0.2) is 0 Å². The molecule has 2 aliphatic rings. The Labute approximate surface area is 146 Å². The van der Waals surface area contributed by atoms with Crippen LogP contribution in [0, 0.1) is 0 Å². The molecule has 0 radical (unpaired) electrons. The summed E-state index contributed by atoms with van der Waals surface area (Å²) in [4.78, 5) is 6.71. The molecular weight excluding hydrogens is 429 g/mol. The summed E-state index contributed by atoms with van der Waals surface area (Å²) in [6.45, 7) is 2.93. The first kappa shape index (κ1) is 16.1. The molecule has 0 atom stereocenters. The summed E-state index contributed by atoms with van der Waals surface area (Å²) in [7, 11) is 2.10. The van der Waals surface area contributed by atoms with Gasteiger partial charge in [0.1, 0.15) is 0 Å². The molecule has 0 aromatic heterocycles. The minimum absolute atomic E-state index is 0. The third-order valence-electron chi connectivity index (χ3n) is 4.40. The molecule has 3 nitrogen and oxygen atoms in total. The Morgan fingerprint density at radius 2 is 2.10 bits per heavy atom. The van der Waals surface area contributed by atoms with Crippen LogP contribution in [0.5, 0.6) is 0 Å². The maximum Gasteiger partial charge on any atom is 0.193 e. The molecule has 20 heavy (non-hydrogen) atoms. The van der Waals surface area contributed by atoms with Gasteiger partial charge in [-0.2, -0.15) is 0 Å². The Morgan fingerprint density at radius 3 is 2.65 bits per heavy atom. The first-order valence-electron chi connectivity index (χ1n) is 6.96. The van der Waals surface area contributed by atoms with Crippen LogP contribution in [0.4, 0.5) is 0 Å². The van der Waals surface area contributed by atoms with Crippen molar-refractivity contribution in [1.29, 1.82) is 0 Å². The molecule has 0 saturated heterocycles. The third-order valence-corrected chi connectivity index (χ3v) is 5.09. The molecule has 0 unspecified atom stereocenters. The predicted molar refractivity (Wildman–Crippen MR) is 98.0 cm³/mol. The van der Waals surface area contributed by atoms with Gasteiger partial charge in [0.05, 0.1) is 6.54 Å². The van der Waals surface area contributed by atoms with Crippen molar-refractivity contribution in [3.63, 3.8) is 0 Å². The zero-order chi connectivity index (χ0) is 13.3. The van der Waals surface area contributed by atoms with Gasteiger partial charge in [0, 0.05) is 30.0 Å². The highest BCUT2D eigenvalue weighted by atomic mass is 127. The molecule has 1 aromatic carbocycles. The second-order valence-corrected chi connectivity index (χ2v) is 6.45. The van der Waals surface area contributed by atoms with Crippen LogP contribution < -0.4 is 5.32 Å². The van der Waals surface area contributed by atoms with E-state index in [-0.39, 0.29) is 29.4 Å². The largest absolute Gasteiger partial charge is 0.355 e. The number of benzene rings is 1. The molecule has 1 N–H and O–H groups in total. The molecule has 1 fully saturated rings. The number of hydrogen-bond donors (Lipinski definition) is 1. The fourth-order valence-electron chi connectivity index (χ4n) is 3.01. The number of nitrogens with one attached hydrogen (secondary N) is 1. The van der Waals surface area contributed by atoms with Crippen LogP contribution in [0.2, 0.25) is 0 Å². The minimum atomic E-state index is 0. The second-order valence-electron chi connectivity index (χ2n) is 5.59. The second kappa shape index (κ2) is 6.64. The highest BCUT2D eigenvalue weighted by molar-refractivity contribution is 14.0. The van der Waals surface area contributed by atoms with Crippen LogP contribution >= 0.6 is 39.9 Å². The van der Waals surface area contributed by atoms with Crippen LogP contribution in [-0.2, 0) is 5.41 Å². The van der Waals surface area contributed by atoms with E-state index in [0.29, 0.717) is 0 Å². The van der Waals surface area contributed by atoms with Gasteiger partial charge in [-0.3, -0.25) is 4.99 Å². The topological polar surface area (TPSA) is 27.6 Å². The summed E-state index contributed by atoms with van der Waals surface area (Å²) in [5.41, 5.74) is 1.72. The fraction of sp³-hybridized carbons (Fsp3) is 0.533. The molecule has 1 saturated carbocycles. The summed E-state index contributed by atoms with van der Waals surface area (Å²) < 4.78 is 1.23. The maximum absolute atomic E-state index is 4.51. The first-order chi connectivity index (χ1) is 9.21. The van der Waals surface area contributed by atoms with Gasteiger partial charge in [0.15, 0.2) is 5.96 Å². The quantitative estimate of drug-likeness (QED) is 0.716. The summed E-state index contributed by atoms with van der Waals surface area (Å²) in [6, 6.07) is 8.63. The number of guanidine groups is 1. The number of nitrogens with zero attached hydrogens (tertiary/aromatic N) is 2. The van der Waals surface area contributed by atoms with Crippen molar-refractivity contribution in [3.05, 3.63) is 34.3 Å². The van der Waals surface area contributed by atoms with E-state index in [0.717, 1.165) is 25.6 Å². The van der Waals surface area contributed by atoms with Crippen molar-refractivity contribution in [2.24, 2.45) is 4.99 Å². The van der Waals surface area contributed by atoms with Crippen molar-refractivity contribution >= 4 is 45.9 Å². The van der Waals surface area contributed by atoms with E-state index in [1.54, 1.807) is 0 Å². The van der Waals surface area contributed by atoms with Gasteiger partial charge in [-0.05, 0) is 24.5 Å². The molecule has 110 valence electrons. The monoisotopic (exact) mass is 449 g/mol. The van der Waals surface area contributed by atoms with E-state index in [4.69, 9.17) is 0 Å². The molecule has 1 aliphatic carbocycles. The lowest BCUT2D eigenvalue weighted by atomic mass is 9.64. The average Bonchev–Trinajstić information content (AvgIpc) is 2.76. The lowest BCUT2D eigenvalue weighted by molar-refractivity contribution is 0.241. The Bertz CT molecular complexity index is 500. The Hall–Kier alpha value is -0.300. The molecule has 3 rings (SSSR count). The third kappa shape index (κ3) is 2.98. The Balaban J connectivity index is 0.00000147. The fourth-order valence-corrected chi connectivity index (χ4v) is 3.71. The predicted octanol–water partition coefficient (Wildman–Crippen LogP) is 3.38. The smallest absolute Gasteiger partial charge is 0.193 e. The van der Waals surface area contributed by atoms with E-state index < -0.39 is 0 Å². The zero-order valence-electron chi connectivity index (χ0n) is 11.7. The number of rotatable bonds is 3. The summed E-state index contributed by atoms with van der Waals surface area (Å²) in [5.74, 6) is 1.05. The van der Waals surface area contributed by atoms with Gasteiger partial charge in [0.2, 0.25) is 0 Å². The lowest BCUT2D eigenvalue weighted by Crippen LogP contribution is -2.48. The first-order valence-corrected chi connectivity index (χ1v) is 7.75. The van der Waals surface area contributed by atoms with E-state index in [1.807, 2.05) is 0 Å². The number of halogens is 2. The highest BCUT2D eigenvalue weighted by Gasteiger charge is 2.40. The van der Waals surface area contributed by atoms with Crippen molar-refractivity contribution in [1.82, 2.24) is 10.2 Å². The molecule has 1 heterocycles. The molecule has 0 spiro atoms. The standard InChI is InChI=1S/C15H20BrN3.HI/c1-19-10-9-17-14(19)18-11-15(7-4-8-15)12-5-2-3-6-13(12)16;/h2-3,5-6H,4,7-11H2,1H3,(H,17,18);1H. The van der Waals surface area contributed by atoms with Crippen LogP contribution in [0.1, 0.15) is 24.8 Å². The van der Waals surface area contributed by atoms with Crippen LogP contribution in [0.15, 0.2) is 33.7 Å². The van der Waals surface area contributed by atoms with Crippen molar-refractivity contribution < 1.29 is 0 Å². The Kier molecular flexibility index (Phi) is 5.34. The van der Waals surface area contributed by atoms with E-state index in [1.165, 1.54) is 29.3 Å². The molecule has 1 aromatic rings. The van der Waals surface area contributed by atoms with Gasteiger partial charge >= 0.3 is 0 Å². The molecular formula is C15H21BrIN3. The Morgan fingerprint density at radius 1 is 1.35 bits per heavy atom. The zero-order valence-corrected chi connectivity index (χ0v) is 15.6. The van der Waals surface area contributed by atoms with Gasteiger partial charge < -0.3 is 10.2 Å². The highest BCUT2D eigenvalue weighted by Crippen LogP contribution is 2.45. The molecule has 0 amide bonds. The van der Waals surface area contributed by atoms with Gasteiger partial charge in [-0.15, -0.1) is 24.0 Å². The summed E-state index contributed by atoms with van der Waals surface area (Å²) >= 11 is 3.70. The van der Waals surface area contributed by atoms with Crippen LogP contribution in [0.25, 0.3) is 0 Å². The van der Waals surface area contributed by atoms with Crippen molar-refractivity contribution in [2.75, 3.05) is 26.7 Å². The van der Waals surface area contributed by atoms with Crippen LogP contribution in [-0.4, -0.2) is 37.5 Å². The van der Waals surface area contributed by atoms with E-state index in [2.05, 4.69) is 62.5 Å². The average molecular weight is 450 g/mol. The number of hydrogen-bond acceptors (Lipinski definition) is 3. The van der Waals surface area contributed by atoms with Gasteiger partial charge in [-0.1, -0.05) is 40.5 Å². The molecule has 0 bridgehead atoms. The summed E-state index contributed by atoms with van der Waals surface area (Å²) in [6.07, 6.45) is 3.85. The van der Waals surface area contributed by atoms with Crippen LogP contribution in [0.3, 0.4) is 0 Å². The number of aliphatic imine (C=N–C) groups is 1. The normalized spacial score (nSPS) is 19.9. The van der Waals surface area contributed by atoms with Gasteiger partial charge in [0.25, 0.3) is 0 Å². The lowest BCUT2D eigenvalue weighted by Gasteiger charge is -2.43. The van der Waals surface area contributed by atoms with E-state index in [9.17, 15) is 0 Å². The minimum Gasteiger partial charge on any atom is -0.355 e. The molecule has 5 heteroatoms. The van der Waals surface area contributed by atoms with Crippen molar-refractivity contribution in [2.45, 2.75) is 24.7 Å². The SMILES string of the molecule is CN1CCN=C1NCC1(c2ccccc2Br)CCC1.I. The number of likely N-dealkylation sites (N-methyl/N-ethyl adjacent to an activating group) is 1. The summed E-state index contributed by atoms with van der Waals surface area (Å²) in [5, 5.41) is 3.55. The molecule has 1 aliphatic heterocycles.